The Morgan fingerprint density at radius 2 is 2.19 bits per heavy atom. The van der Waals surface area contributed by atoms with Crippen LogP contribution in [0, 0.1) is 0 Å². The van der Waals surface area contributed by atoms with E-state index in [9.17, 15) is 13.2 Å². The standard InChI is InChI=1S/C13H16N2O4S2/c1-3-15-8-11(6-12(15)13(16)17)21(18,19)14(2)7-10-4-5-20-9-10/h4-6,8-9H,3,7H2,1-2H3,(H,16,17). The van der Waals surface area contributed by atoms with E-state index in [-0.39, 0.29) is 17.1 Å². The highest BCUT2D eigenvalue weighted by atomic mass is 32.2. The van der Waals surface area contributed by atoms with Crippen LogP contribution in [0.15, 0.2) is 34.0 Å². The summed E-state index contributed by atoms with van der Waals surface area (Å²) in [5.74, 6) is -1.14. The minimum absolute atomic E-state index is 0.000482. The fourth-order valence-corrected chi connectivity index (χ4v) is 3.83. The number of thiophene rings is 1. The van der Waals surface area contributed by atoms with Gasteiger partial charge in [0.1, 0.15) is 10.6 Å². The first-order chi connectivity index (χ1) is 9.86. The van der Waals surface area contributed by atoms with Gasteiger partial charge in [0.05, 0.1) is 0 Å². The molecule has 2 aromatic rings. The summed E-state index contributed by atoms with van der Waals surface area (Å²) in [5, 5.41) is 12.9. The van der Waals surface area contributed by atoms with Gasteiger partial charge in [-0.05, 0) is 35.4 Å². The lowest BCUT2D eigenvalue weighted by Crippen LogP contribution is -2.26. The summed E-state index contributed by atoms with van der Waals surface area (Å²) in [7, 11) is -2.22. The number of sulfonamides is 1. The van der Waals surface area contributed by atoms with Gasteiger partial charge < -0.3 is 9.67 Å². The predicted molar refractivity (Wildman–Crippen MR) is 80.0 cm³/mol. The Hall–Kier alpha value is -1.64. The van der Waals surface area contributed by atoms with Gasteiger partial charge in [-0.1, -0.05) is 0 Å². The summed E-state index contributed by atoms with van der Waals surface area (Å²) in [5.41, 5.74) is 0.875. The first-order valence-corrected chi connectivity index (χ1v) is 8.65. The Labute approximate surface area is 127 Å². The average molecular weight is 328 g/mol. The van der Waals surface area contributed by atoms with Crippen molar-refractivity contribution in [1.82, 2.24) is 8.87 Å². The fraction of sp³-hybridized carbons (Fsp3) is 0.308. The zero-order valence-electron chi connectivity index (χ0n) is 11.7. The number of carboxylic acid groups (broad SMARTS) is 1. The predicted octanol–water partition coefficient (Wildman–Crippen LogP) is 2.09. The molecular formula is C13H16N2O4S2. The molecule has 0 saturated heterocycles. The zero-order valence-corrected chi connectivity index (χ0v) is 13.3. The van der Waals surface area contributed by atoms with E-state index in [2.05, 4.69) is 0 Å². The number of carboxylic acids is 1. The lowest BCUT2D eigenvalue weighted by molar-refractivity contribution is 0.0685. The van der Waals surface area contributed by atoms with Crippen molar-refractivity contribution in [2.75, 3.05) is 7.05 Å². The molecule has 8 heteroatoms. The summed E-state index contributed by atoms with van der Waals surface area (Å²) >= 11 is 1.50. The van der Waals surface area contributed by atoms with Crippen LogP contribution in [0.4, 0.5) is 0 Å². The highest BCUT2D eigenvalue weighted by Gasteiger charge is 2.25. The van der Waals surface area contributed by atoms with E-state index in [4.69, 9.17) is 5.11 Å². The second kappa shape index (κ2) is 6.00. The van der Waals surface area contributed by atoms with E-state index in [1.54, 1.807) is 6.92 Å². The van der Waals surface area contributed by atoms with Crippen LogP contribution in [0.1, 0.15) is 23.0 Å². The molecule has 1 N–H and O–H groups in total. The molecule has 114 valence electrons. The Morgan fingerprint density at radius 3 is 2.67 bits per heavy atom. The van der Waals surface area contributed by atoms with Gasteiger partial charge >= 0.3 is 5.97 Å². The number of hydrogen-bond acceptors (Lipinski definition) is 4. The van der Waals surface area contributed by atoms with E-state index in [0.717, 1.165) is 5.56 Å². The quantitative estimate of drug-likeness (QED) is 0.880. The van der Waals surface area contributed by atoms with Crippen molar-refractivity contribution in [3.8, 4) is 0 Å². The summed E-state index contributed by atoms with van der Waals surface area (Å²) in [6, 6.07) is 3.06. The molecular weight excluding hydrogens is 312 g/mol. The number of rotatable bonds is 6. The van der Waals surface area contributed by atoms with Gasteiger partial charge in [0.15, 0.2) is 0 Å². The maximum absolute atomic E-state index is 12.5. The maximum Gasteiger partial charge on any atom is 0.352 e. The average Bonchev–Trinajstić information content (AvgIpc) is 3.06. The number of aromatic carboxylic acids is 1. The Balaban J connectivity index is 2.33. The van der Waals surface area contributed by atoms with Crippen LogP contribution >= 0.6 is 11.3 Å². The number of carbonyl (C=O) groups is 1. The van der Waals surface area contributed by atoms with Crippen molar-refractivity contribution in [2.24, 2.45) is 0 Å². The first kappa shape index (κ1) is 15.7. The van der Waals surface area contributed by atoms with Gasteiger partial charge in [-0.25, -0.2) is 13.2 Å². The molecule has 0 atom stereocenters. The highest BCUT2D eigenvalue weighted by Crippen LogP contribution is 2.20. The van der Waals surface area contributed by atoms with Crippen LogP contribution < -0.4 is 0 Å². The molecule has 0 amide bonds. The SMILES string of the molecule is CCn1cc(S(=O)(=O)N(C)Cc2ccsc2)cc1C(=O)O. The molecule has 0 saturated carbocycles. The smallest absolute Gasteiger partial charge is 0.352 e. The van der Waals surface area contributed by atoms with E-state index >= 15 is 0 Å². The minimum Gasteiger partial charge on any atom is -0.477 e. The fourth-order valence-electron chi connectivity index (χ4n) is 1.97. The van der Waals surface area contributed by atoms with Crippen LogP contribution in [0.3, 0.4) is 0 Å². The normalized spacial score (nSPS) is 12.0. The molecule has 0 aromatic carbocycles. The number of aromatic nitrogens is 1. The van der Waals surface area contributed by atoms with Crippen molar-refractivity contribution in [1.29, 1.82) is 0 Å². The van der Waals surface area contributed by atoms with Crippen molar-refractivity contribution in [3.05, 3.63) is 40.3 Å². The highest BCUT2D eigenvalue weighted by molar-refractivity contribution is 7.89. The van der Waals surface area contributed by atoms with Crippen molar-refractivity contribution in [2.45, 2.75) is 24.9 Å². The molecule has 21 heavy (non-hydrogen) atoms. The van der Waals surface area contributed by atoms with Crippen molar-refractivity contribution in [3.63, 3.8) is 0 Å². The second-order valence-electron chi connectivity index (χ2n) is 4.54. The molecule has 0 bridgehead atoms. The Bertz CT molecular complexity index is 732. The summed E-state index contributed by atoms with van der Waals surface area (Å²) in [6.07, 6.45) is 1.36. The zero-order chi connectivity index (χ0) is 15.6. The first-order valence-electron chi connectivity index (χ1n) is 6.27. The van der Waals surface area contributed by atoms with Crippen LogP contribution in [-0.2, 0) is 23.1 Å². The number of hydrogen-bond donors (Lipinski definition) is 1. The van der Waals surface area contributed by atoms with Crippen LogP contribution in [-0.4, -0.2) is 35.4 Å². The Morgan fingerprint density at radius 1 is 1.48 bits per heavy atom. The molecule has 0 spiro atoms. The third-order valence-corrected chi connectivity index (χ3v) is 5.63. The topological polar surface area (TPSA) is 79.6 Å². The molecule has 2 rings (SSSR count). The van der Waals surface area contributed by atoms with Crippen LogP contribution in [0.25, 0.3) is 0 Å². The molecule has 2 heterocycles. The Kier molecular flexibility index (Phi) is 4.50. The van der Waals surface area contributed by atoms with Crippen molar-refractivity contribution >= 4 is 27.3 Å². The maximum atomic E-state index is 12.5. The molecule has 0 aliphatic heterocycles. The van der Waals surface area contributed by atoms with Gasteiger partial charge in [-0.2, -0.15) is 15.6 Å². The minimum atomic E-state index is -3.71. The molecule has 0 aliphatic carbocycles. The van der Waals surface area contributed by atoms with Gasteiger partial charge in [0.25, 0.3) is 0 Å². The number of nitrogens with zero attached hydrogens (tertiary/aromatic N) is 2. The third-order valence-electron chi connectivity index (χ3n) is 3.12. The summed E-state index contributed by atoms with van der Waals surface area (Å²) in [6.45, 7) is 2.41. The van der Waals surface area contributed by atoms with Crippen LogP contribution in [0.5, 0.6) is 0 Å². The molecule has 0 unspecified atom stereocenters. The largest absolute Gasteiger partial charge is 0.477 e. The van der Waals surface area contributed by atoms with E-state index < -0.39 is 16.0 Å². The van der Waals surface area contributed by atoms with Gasteiger partial charge in [0, 0.05) is 26.3 Å². The van der Waals surface area contributed by atoms with Gasteiger partial charge in [0.2, 0.25) is 10.0 Å². The van der Waals surface area contributed by atoms with Crippen molar-refractivity contribution < 1.29 is 18.3 Å². The van der Waals surface area contributed by atoms with Gasteiger partial charge in [-0.15, -0.1) is 0 Å². The molecule has 0 radical (unpaired) electrons. The summed E-state index contributed by atoms with van der Waals surface area (Å²) < 4.78 is 27.6. The number of aryl methyl sites for hydroxylation is 1. The third kappa shape index (κ3) is 3.17. The van der Waals surface area contributed by atoms with Crippen LogP contribution in [0.2, 0.25) is 0 Å². The summed E-state index contributed by atoms with van der Waals surface area (Å²) in [4.78, 5) is 11.1. The van der Waals surface area contributed by atoms with E-state index in [1.165, 1.54) is 39.5 Å². The lowest BCUT2D eigenvalue weighted by Gasteiger charge is -2.15. The second-order valence-corrected chi connectivity index (χ2v) is 7.37. The van der Waals surface area contributed by atoms with E-state index in [0.29, 0.717) is 6.54 Å². The monoisotopic (exact) mass is 328 g/mol. The lowest BCUT2D eigenvalue weighted by atomic mass is 10.3. The molecule has 6 nitrogen and oxygen atoms in total. The molecule has 0 aliphatic rings. The van der Waals surface area contributed by atoms with E-state index in [1.807, 2.05) is 16.8 Å². The molecule has 2 aromatic heterocycles. The van der Waals surface area contributed by atoms with Gasteiger partial charge in [-0.3, -0.25) is 0 Å². The molecule has 0 fully saturated rings.